The van der Waals surface area contributed by atoms with Crippen LogP contribution >= 0.6 is 0 Å². The Morgan fingerprint density at radius 1 is 1.44 bits per heavy atom. The molecule has 0 amide bonds. The first-order valence-corrected chi connectivity index (χ1v) is 6.73. The van der Waals surface area contributed by atoms with Crippen molar-refractivity contribution in [3.8, 4) is 0 Å². The van der Waals surface area contributed by atoms with E-state index in [9.17, 15) is 0 Å². The zero-order chi connectivity index (χ0) is 12.6. The summed E-state index contributed by atoms with van der Waals surface area (Å²) >= 11 is 0. The summed E-state index contributed by atoms with van der Waals surface area (Å²) in [5, 5.41) is 3.60. The Morgan fingerprint density at radius 2 is 2.28 bits per heavy atom. The maximum Gasteiger partial charge on any atom is 0.0480 e. The van der Waals surface area contributed by atoms with Crippen LogP contribution in [0.25, 0.3) is 0 Å². The average Bonchev–Trinajstić information content (AvgIpc) is 2.41. The summed E-state index contributed by atoms with van der Waals surface area (Å²) < 4.78 is 5.35. The van der Waals surface area contributed by atoms with Gasteiger partial charge in [-0.1, -0.05) is 6.07 Å². The molecule has 0 bridgehead atoms. The molecule has 0 atom stereocenters. The van der Waals surface area contributed by atoms with Gasteiger partial charge in [0.15, 0.2) is 0 Å². The van der Waals surface area contributed by atoms with Gasteiger partial charge in [0.05, 0.1) is 0 Å². The molecule has 100 valence electrons. The van der Waals surface area contributed by atoms with Crippen molar-refractivity contribution in [2.75, 3.05) is 33.4 Å². The van der Waals surface area contributed by atoms with Gasteiger partial charge < -0.3 is 15.0 Å². The van der Waals surface area contributed by atoms with E-state index in [1.165, 1.54) is 5.56 Å². The monoisotopic (exact) mass is 249 g/mol. The van der Waals surface area contributed by atoms with Crippen LogP contribution in [0.2, 0.25) is 0 Å². The first kappa shape index (κ1) is 13.5. The van der Waals surface area contributed by atoms with Crippen molar-refractivity contribution in [1.29, 1.82) is 0 Å². The fourth-order valence-corrected chi connectivity index (χ4v) is 2.24. The first-order chi connectivity index (χ1) is 8.84. The van der Waals surface area contributed by atoms with Crippen molar-refractivity contribution in [3.05, 3.63) is 30.1 Å². The molecule has 0 spiro atoms. The molecular formula is C14H23N3O. The number of aromatic nitrogens is 1. The zero-order valence-electron chi connectivity index (χ0n) is 11.1. The van der Waals surface area contributed by atoms with Crippen molar-refractivity contribution < 1.29 is 4.74 Å². The van der Waals surface area contributed by atoms with Crippen molar-refractivity contribution in [2.24, 2.45) is 0 Å². The third kappa shape index (κ3) is 4.72. The summed E-state index contributed by atoms with van der Waals surface area (Å²) in [6, 6.07) is 4.75. The van der Waals surface area contributed by atoms with Crippen LogP contribution in [0.5, 0.6) is 0 Å². The lowest BCUT2D eigenvalue weighted by atomic mass is 10.1. The van der Waals surface area contributed by atoms with E-state index in [0.717, 1.165) is 45.7 Å². The normalized spacial score (nSPS) is 17.2. The number of hydrogen-bond acceptors (Lipinski definition) is 4. The number of hydrogen-bond donors (Lipinski definition) is 1. The molecule has 1 aromatic heterocycles. The van der Waals surface area contributed by atoms with Crippen molar-refractivity contribution in [3.63, 3.8) is 0 Å². The largest absolute Gasteiger partial charge is 0.381 e. The smallest absolute Gasteiger partial charge is 0.0480 e. The fourth-order valence-electron chi connectivity index (χ4n) is 2.24. The highest BCUT2D eigenvalue weighted by Gasteiger charge is 2.12. The van der Waals surface area contributed by atoms with E-state index >= 15 is 0 Å². The minimum absolute atomic E-state index is 0.644. The topological polar surface area (TPSA) is 37.4 Å². The predicted octanol–water partition coefficient (Wildman–Crippen LogP) is 1.28. The van der Waals surface area contributed by atoms with Crippen LogP contribution in [0.1, 0.15) is 18.4 Å². The molecule has 4 heteroatoms. The van der Waals surface area contributed by atoms with Crippen LogP contribution in [-0.4, -0.2) is 49.3 Å². The molecule has 1 fully saturated rings. The molecule has 0 saturated carbocycles. The van der Waals surface area contributed by atoms with Gasteiger partial charge >= 0.3 is 0 Å². The number of ether oxygens (including phenoxy) is 1. The lowest BCUT2D eigenvalue weighted by Gasteiger charge is -2.24. The minimum atomic E-state index is 0.644. The highest BCUT2D eigenvalue weighted by molar-refractivity contribution is 5.07. The van der Waals surface area contributed by atoms with E-state index in [1.54, 1.807) is 0 Å². The molecule has 2 heterocycles. The third-order valence-electron chi connectivity index (χ3n) is 3.32. The van der Waals surface area contributed by atoms with Gasteiger partial charge in [-0.3, -0.25) is 4.98 Å². The molecule has 1 aliphatic rings. The Hall–Kier alpha value is -0.970. The second-order valence-electron chi connectivity index (χ2n) is 4.94. The third-order valence-corrected chi connectivity index (χ3v) is 3.32. The Morgan fingerprint density at radius 3 is 3.00 bits per heavy atom. The molecule has 0 unspecified atom stereocenters. The quantitative estimate of drug-likeness (QED) is 0.824. The van der Waals surface area contributed by atoms with E-state index in [2.05, 4.69) is 28.3 Å². The molecule has 4 nitrogen and oxygen atoms in total. The molecular weight excluding hydrogens is 226 g/mol. The highest BCUT2D eigenvalue weighted by Crippen LogP contribution is 2.05. The van der Waals surface area contributed by atoms with E-state index in [4.69, 9.17) is 4.74 Å². The molecule has 2 rings (SSSR count). The molecule has 0 aliphatic carbocycles. The molecule has 0 radical (unpaired) electrons. The zero-order valence-corrected chi connectivity index (χ0v) is 11.1. The van der Waals surface area contributed by atoms with Crippen molar-refractivity contribution in [1.82, 2.24) is 15.2 Å². The second kappa shape index (κ2) is 7.46. The lowest BCUT2D eigenvalue weighted by molar-refractivity contribution is 0.0774. The number of nitrogens with one attached hydrogen (secondary N) is 1. The van der Waals surface area contributed by atoms with Crippen molar-refractivity contribution >= 4 is 0 Å². The summed E-state index contributed by atoms with van der Waals surface area (Å²) in [4.78, 5) is 6.46. The second-order valence-corrected chi connectivity index (χ2v) is 4.94. The van der Waals surface area contributed by atoms with Gasteiger partial charge in [0.25, 0.3) is 0 Å². The molecule has 1 saturated heterocycles. The maximum atomic E-state index is 5.35. The van der Waals surface area contributed by atoms with Crippen LogP contribution in [0.3, 0.4) is 0 Å². The van der Waals surface area contributed by atoms with Crippen LogP contribution < -0.4 is 5.32 Å². The molecule has 1 aliphatic heterocycles. The summed E-state index contributed by atoms with van der Waals surface area (Å²) in [6.45, 7) is 4.88. The molecule has 1 N–H and O–H groups in total. The minimum Gasteiger partial charge on any atom is -0.381 e. The molecule has 18 heavy (non-hydrogen) atoms. The Kier molecular flexibility index (Phi) is 5.58. The highest BCUT2D eigenvalue weighted by atomic mass is 16.5. The maximum absolute atomic E-state index is 5.35. The standard InChI is InChI=1S/C14H23N3O/c1-17(12-13-3-2-6-15-11-13)8-7-16-14-4-9-18-10-5-14/h2-3,6,11,14,16H,4-5,7-10,12H2,1H3. The molecule has 0 aromatic carbocycles. The number of likely N-dealkylation sites (N-methyl/N-ethyl adjacent to an activating group) is 1. The van der Waals surface area contributed by atoms with E-state index in [-0.39, 0.29) is 0 Å². The first-order valence-electron chi connectivity index (χ1n) is 6.73. The fraction of sp³-hybridized carbons (Fsp3) is 0.643. The van der Waals surface area contributed by atoms with Gasteiger partial charge in [0, 0.05) is 51.3 Å². The Labute approximate surface area is 109 Å². The van der Waals surface area contributed by atoms with Crippen LogP contribution in [0.4, 0.5) is 0 Å². The SMILES string of the molecule is CN(CCNC1CCOCC1)Cc1cccnc1. The van der Waals surface area contributed by atoms with Gasteiger partial charge in [0.2, 0.25) is 0 Å². The predicted molar refractivity (Wildman–Crippen MR) is 72.4 cm³/mol. The van der Waals surface area contributed by atoms with Gasteiger partial charge in [-0.2, -0.15) is 0 Å². The average molecular weight is 249 g/mol. The lowest BCUT2D eigenvalue weighted by Crippen LogP contribution is -2.39. The Balaban J connectivity index is 1.61. The number of nitrogens with zero attached hydrogens (tertiary/aromatic N) is 2. The summed E-state index contributed by atoms with van der Waals surface area (Å²) in [6.07, 6.45) is 6.04. The van der Waals surface area contributed by atoms with Gasteiger partial charge in [-0.15, -0.1) is 0 Å². The van der Waals surface area contributed by atoms with E-state index in [1.807, 2.05) is 18.5 Å². The van der Waals surface area contributed by atoms with Gasteiger partial charge in [-0.25, -0.2) is 0 Å². The van der Waals surface area contributed by atoms with E-state index in [0.29, 0.717) is 6.04 Å². The molecule has 1 aromatic rings. The van der Waals surface area contributed by atoms with Crippen LogP contribution in [0, 0.1) is 0 Å². The van der Waals surface area contributed by atoms with Crippen LogP contribution in [-0.2, 0) is 11.3 Å². The number of rotatable bonds is 6. The Bertz CT molecular complexity index is 325. The van der Waals surface area contributed by atoms with Gasteiger partial charge in [-0.05, 0) is 31.5 Å². The van der Waals surface area contributed by atoms with Crippen LogP contribution in [0.15, 0.2) is 24.5 Å². The van der Waals surface area contributed by atoms with Gasteiger partial charge in [0.1, 0.15) is 0 Å². The van der Waals surface area contributed by atoms with E-state index < -0.39 is 0 Å². The summed E-state index contributed by atoms with van der Waals surface area (Å²) in [7, 11) is 2.15. The van der Waals surface area contributed by atoms with Crippen molar-refractivity contribution in [2.45, 2.75) is 25.4 Å². The summed E-state index contributed by atoms with van der Waals surface area (Å²) in [5.41, 5.74) is 1.27. The number of pyridine rings is 1. The summed E-state index contributed by atoms with van der Waals surface area (Å²) in [5.74, 6) is 0.